The van der Waals surface area contributed by atoms with Gasteiger partial charge in [0.2, 0.25) is 0 Å². The van der Waals surface area contributed by atoms with E-state index in [1.165, 1.54) is 25.7 Å². The van der Waals surface area contributed by atoms with Crippen molar-refractivity contribution in [1.29, 1.82) is 0 Å². The smallest absolute Gasteiger partial charge is 0.338 e. The highest BCUT2D eigenvalue weighted by atomic mass is 16.7. The molecule has 232 valence electrons. The first-order valence-corrected chi connectivity index (χ1v) is 16.8. The number of carboxylic acid groups (broad SMARTS) is 1. The third-order valence-electron chi connectivity index (χ3n) is 13.2. The van der Waals surface area contributed by atoms with E-state index in [9.17, 15) is 14.7 Å². The molecule has 42 heavy (non-hydrogen) atoms. The molecule has 6 heteroatoms. The minimum absolute atomic E-state index is 0.0903. The molecule has 0 unspecified atom stereocenters. The van der Waals surface area contributed by atoms with Gasteiger partial charge in [0.25, 0.3) is 0 Å². The Balaban J connectivity index is 1.25. The molecule has 6 nitrogen and oxygen atoms in total. The summed E-state index contributed by atoms with van der Waals surface area (Å²) in [5.41, 5.74) is 1.07. The molecular formula is C36H52O6. The number of hydrogen-bond donors (Lipinski definition) is 1. The van der Waals surface area contributed by atoms with Gasteiger partial charge in [-0.2, -0.15) is 0 Å². The lowest BCUT2D eigenvalue weighted by Crippen LogP contribution is -2.60. The second kappa shape index (κ2) is 11.5. The fourth-order valence-electron chi connectivity index (χ4n) is 10.8. The monoisotopic (exact) mass is 580 g/mol. The molecule has 1 aromatic rings. The summed E-state index contributed by atoms with van der Waals surface area (Å²) >= 11 is 0. The maximum Gasteiger partial charge on any atom is 0.338 e. The van der Waals surface area contributed by atoms with Crippen LogP contribution in [0.5, 0.6) is 0 Å². The van der Waals surface area contributed by atoms with Crippen LogP contribution in [0.15, 0.2) is 30.3 Å². The molecule has 1 aliphatic heterocycles. The van der Waals surface area contributed by atoms with Crippen molar-refractivity contribution in [1.82, 2.24) is 0 Å². The Morgan fingerprint density at radius 2 is 1.67 bits per heavy atom. The summed E-state index contributed by atoms with van der Waals surface area (Å²) in [5, 5.41) is 9.34. The molecule has 6 rings (SSSR count). The molecule has 0 amide bonds. The van der Waals surface area contributed by atoms with Gasteiger partial charge in [0, 0.05) is 18.8 Å². The number of hydrogen-bond acceptors (Lipinski definition) is 5. The third-order valence-corrected chi connectivity index (χ3v) is 13.2. The minimum atomic E-state index is -0.686. The van der Waals surface area contributed by atoms with Crippen LogP contribution in [0.1, 0.15) is 109 Å². The zero-order chi connectivity index (χ0) is 29.7. The zero-order valence-corrected chi connectivity index (χ0v) is 26.2. The highest BCUT2D eigenvalue weighted by Gasteiger charge is 2.65. The molecule has 1 spiro atoms. The van der Waals surface area contributed by atoms with Crippen LogP contribution in [0.3, 0.4) is 0 Å². The van der Waals surface area contributed by atoms with Gasteiger partial charge in [0.1, 0.15) is 6.10 Å². The van der Waals surface area contributed by atoms with E-state index < -0.39 is 11.8 Å². The Kier molecular flexibility index (Phi) is 8.28. The maximum atomic E-state index is 13.5. The first-order valence-electron chi connectivity index (χ1n) is 16.8. The van der Waals surface area contributed by atoms with Gasteiger partial charge in [0.05, 0.1) is 24.7 Å². The van der Waals surface area contributed by atoms with Crippen molar-refractivity contribution in [2.24, 2.45) is 52.3 Å². The van der Waals surface area contributed by atoms with Crippen LogP contribution in [-0.4, -0.2) is 42.1 Å². The maximum absolute atomic E-state index is 13.5. The number of benzene rings is 1. The Hall–Kier alpha value is -1.92. The summed E-state index contributed by atoms with van der Waals surface area (Å²) < 4.78 is 19.0. The van der Waals surface area contributed by atoms with E-state index >= 15 is 0 Å². The van der Waals surface area contributed by atoms with Crippen molar-refractivity contribution >= 4 is 11.9 Å². The summed E-state index contributed by atoms with van der Waals surface area (Å²) in [5.74, 6) is 1.48. The lowest BCUT2D eigenvalue weighted by Gasteiger charge is -2.63. The first kappa shape index (κ1) is 30.1. The van der Waals surface area contributed by atoms with Crippen LogP contribution in [0.25, 0.3) is 0 Å². The van der Waals surface area contributed by atoms with Gasteiger partial charge in [-0.05, 0) is 97.5 Å². The second-order valence-corrected chi connectivity index (χ2v) is 15.2. The predicted octanol–water partition coefficient (Wildman–Crippen LogP) is 7.75. The van der Waals surface area contributed by atoms with E-state index in [4.69, 9.17) is 14.2 Å². The fraction of sp³-hybridized carbons (Fsp3) is 0.778. The molecule has 1 heterocycles. The van der Waals surface area contributed by atoms with Crippen molar-refractivity contribution in [3.63, 3.8) is 0 Å². The van der Waals surface area contributed by atoms with Gasteiger partial charge in [0.15, 0.2) is 5.79 Å². The molecule has 10 atom stereocenters. The Morgan fingerprint density at radius 1 is 0.952 bits per heavy atom. The highest BCUT2D eigenvalue weighted by Crippen LogP contribution is 2.69. The third kappa shape index (κ3) is 5.23. The van der Waals surface area contributed by atoms with Crippen molar-refractivity contribution in [3.8, 4) is 0 Å². The number of rotatable bonds is 8. The van der Waals surface area contributed by atoms with Crippen LogP contribution >= 0.6 is 0 Å². The molecule has 0 bridgehead atoms. The van der Waals surface area contributed by atoms with Crippen molar-refractivity contribution in [2.75, 3.05) is 13.2 Å². The molecule has 4 saturated carbocycles. The topological polar surface area (TPSA) is 82.1 Å². The Labute approximate surface area is 252 Å². The van der Waals surface area contributed by atoms with E-state index in [1.807, 2.05) is 37.3 Å². The van der Waals surface area contributed by atoms with Crippen molar-refractivity contribution in [2.45, 2.75) is 110 Å². The summed E-state index contributed by atoms with van der Waals surface area (Å²) in [7, 11) is 0. The first-order chi connectivity index (χ1) is 20.1. The quantitative estimate of drug-likeness (QED) is 0.317. The normalized spacial score (nSPS) is 40.0. The van der Waals surface area contributed by atoms with Crippen LogP contribution in [0.2, 0.25) is 0 Å². The van der Waals surface area contributed by atoms with Crippen LogP contribution in [-0.2, 0) is 19.0 Å². The fourth-order valence-corrected chi connectivity index (χ4v) is 10.8. The number of carboxylic acids is 1. The molecule has 1 N–H and O–H groups in total. The summed E-state index contributed by atoms with van der Waals surface area (Å²) in [4.78, 5) is 24.9. The average molecular weight is 581 g/mol. The highest BCUT2D eigenvalue weighted by molar-refractivity contribution is 5.89. The Bertz CT molecular complexity index is 1130. The number of ether oxygens (including phenoxy) is 3. The van der Waals surface area contributed by atoms with Gasteiger partial charge >= 0.3 is 11.9 Å². The van der Waals surface area contributed by atoms with Crippen LogP contribution in [0.4, 0.5) is 0 Å². The minimum Gasteiger partial charge on any atom is -0.481 e. The summed E-state index contributed by atoms with van der Waals surface area (Å²) in [6.07, 6.45) is 11.5. The van der Waals surface area contributed by atoms with E-state index in [2.05, 4.69) is 20.8 Å². The van der Waals surface area contributed by atoms with E-state index in [1.54, 1.807) is 0 Å². The SMILES string of the molecule is C[C@H](CCC[C@@H](C)[C@H]1CC[C@H]2[C@@H]3[C@H](OC(=O)c4ccccc4)C[C@H]4CC5(CC[C@]4(C)[C@H]3CC[C@]12C)OCCO5)C(=O)O. The average Bonchev–Trinajstić information content (AvgIpc) is 3.58. The second-order valence-electron chi connectivity index (χ2n) is 15.2. The largest absolute Gasteiger partial charge is 0.481 e. The van der Waals surface area contributed by atoms with Gasteiger partial charge < -0.3 is 19.3 Å². The molecule has 4 aliphatic carbocycles. The van der Waals surface area contributed by atoms with Crippen molar-refractivity contribution < 1.29 is 28.9 Å². The molecule has 0 aromatic heterocycles. The number of carbonyl (C=O) groups is 2. The molecule has 5 aliphatic rings. The van der Waals surface area contributed by atoms with E-state index in [-0.39, 0.29) is 28.8 Å². The lowest BCUT2D eigenvalue weighted by atomic mass is 9.43. The van der Waals surface area contributed by atoms with Gasteiger partial charge in [-0.1, -0.05) is 58.7 Å². The van der Waals surface area contributed by atoms with Gasteiger partial charge in [-0.25, -0.2) is 4.79 Å². The summed E-state index contributed by atoms with van der Waals surface area (Å²) in [6.45, 7) is 10.7. The number of aliphatic carboxylic acids is 1. The molecular weight excluding hydrogens is 528 g/mol. The van der Waals surface area contributed by atoms with Crippen molar-refractivity contribution in [3.05, 3.63) is 35.9 Å². The predicted molar refractivity (Wildman–Crippen MR) is 161 cm³/mol. The number of esters is 1. The molecule has 5 fully saturated rings. The van der Waals surface area contributed by atoms with Gasteiger partial charge in [-0.3, -0.25) is 4.79 Å². The van der Waals surface area contributed by atoms with E-state index in [0.29, 0.717) is 54.3 Å². The molecule has 1 saturated heterocycles. The lowest BCUT2D eigenvalue weighted by molar-refractivity contribution is -0.242. The van der Waals surface area contributed by atoms with Crippen LogP contribution < -0.4 is 0 Å². The standard InChI is InChI=1S/C36H52O6/c1-23(9-8-10-24(2)32(37)38)27-13-14-28-31-29(15-16-35(27,28)4)34(3)17-18-36(40-19-20-41-36)22-26(34)21-30(31)42-33(39)25-11-6-5-7-12-25/h5-7,11-12,23-24,26-31H,8-10,13-22H2,1-4H3,(H,37,38)/t23-,24-,26+,27-,28+,29+,30-,31+,34+,35-/m1/s1. The van der Waals surface area contributed by atoms with Gasteiger partial charge in [-0.15, -0.1) is 0 Å². The Morgan fingerprint density at radius 3 is 2.38 bits per heavy atom. The number of carbonyl (C=O) groups excluding carboxylic acids is 1. The molecule has 1 aromatic carbocycles. The molecule has 0 radical (unpaired) electrons. The van der Waals surface area contributed by atoms with Crippen LogP contribution in [0, 0.1) is 52.3 Å². The zero-order valence-electron chi connectivity index (χ0n) is 26.2. The number of fused-ring (bicyclic) bond motifs is 5. The summed E-state index contributed by atoms with van der Waals surface area (Å²) in [6, 6.07) is 9.50. The van der Waals surface area contributed by atoms with E-state index in [0.717, 1.165) is 44.9 Å².